The van der Waals surface area contributed by atoms with E-state index in [1.807, 2.05) is 0 Å². The van der Waals surface area contributed by atoms with Crippen LogP contribution in [0.2, 0.25) is 5.32 Å². The van der Waals surface area contributed by atoms with Gasteiger partial charge in [-0.2, -0.15) is 0 Å². The molecule has 0 saturated carbocycles. The summed E-state index contributed by atoms with van der Waals surface area (Å²) >= 11 is 0.764. The molecule has 0 saturated heterocycles. The molecule has 0 radical (unpaired) electrons. The van der Waals surface area contributed by atoms with E-state index in [2.05, 4.69) is 67.5 Å². The molecule has 1 heteroatoms. The second kappa shape index (κ2) is 4.89. The van der Waals surface area contributed by atoms with Crippen LogP contribution in [0.3, 0.4) is 0 Å². The summed E-state index contributed by atoms with van der Waals surface area (Å²) in [7, 11) is 0. The second-order valence-electron chi connectivity index (χ2n) is 8.93. The van der Waals surface area contributed by atoms with Crippen LogP contribution >= 0.6 is 0 Å². The van der Waals surface area contributed by atoms with Crippen LogP contribution in [0.15, 0.2) is 12.1 Å². The molecule has 0 bridgehead atoms. The molecule has 2 rings (SSSR count). The van der Waals surface area contributed by atoms with Crippen LogP contribution in [0.25, 0.3) is 0 Å². The third-order valence-corrected chi connectivity index (χ3v) is 7.34. The summed E-state index contributed by atoms with van der Waals surface area (Å²) < 4.78 is 0. The Morgan fingerprint density at radius 3 is 2.05 bits per heavy atom. The molecule has 1 aromatic rings. The van der Waals surface area contributed by atoms with Gasteiger partial charge in [0, 0.05) is 0 Å². The van der Waals surface area contributed by atoms with Crippen LogP contribution in [0.4, 0.5) is 0 Å². The first-order valence-electron chi connectivity index (χ1n) is 7.69. The Kier molecular flexibility index (Phi) is 3.94. The molecule has 1 heterocycles. The Morgan fingerprint density at radius 1 is 0.950 bits per heavy atom. The van der Waals surface area contributed by atoms with Crippen molar-refractivity contribution < 1.29 is 0 Å². The van der Waals surface area contributed by atoms with E-state index >= 15 is 0 Å². The minimum atomic E-state index is 0.230. The van der Waals surface area contributed by atoms with Crippen molar-refractivity contribution in [3.63, 3.8) is 0 Å². The fourth-order valence-electron chi connectivity index (χ4n) is 3.02. The molecular formula is C19H30Se. The van der Waals surface area contributed by atoms with Crippen molar-refractivity contribution in [2.75, 3.05) is 0 Å². The quantitative estimate of drug-likeness (QED) is 0.571. The fourth-order valence-corrected chi connectivity index (χ4v) is 5.71. The molecule has 0 aliphatic carbocycles. The summed E-state index contributed by atoms with van der Waals surface area (Å²) in [6.45, 7) is 19.0. The number of rotatable bonds is 0. The zero-order valence-corrected chi connectivity index (χ0v) is 16.2. The Morgan fingerprint density at radius 2 is 1.55 bits per heavy atom. The Hall–Kier alpha value is -0.261. The second-order valence-corrected chi connectivity index (χ2v) is 11.0. The molecule has 0 fully saturated rings. The van der Waals surface area contributed by atoms with Gasteiger partial charge in [0.25, 0.3) is 0 Å². The van der Waals surface area contributed by atoms with Crippen molar-refractivity contribution in [2.45, 2.75) is 82.3 Å². The predicted octanol–water partition coefficient (Wildman–Crippen LogP) is 5.20. The van der Waals surface area contributed by atoms with Gasteiger partial charge in [0.1, 0.15) is 0 Å². The van der Waals surface area contributed by atoms with Crippen LogP contribution < -0.4 is 0 Å². The summed E-state index contributed by atoms with van der Waals surface area (Å²) in [6, 6.07) is 5.01. The first-order chi connectivity index (χ1) is 8.93. The van der Waals surface area contributed by atoms with E-state index in [1.165, 1.54) is 16.2 Å². The SMILES string of the molecule is CC(C)(C)c1cc(C(C)(C)C)c2c(c1)C(C)(C)C[Se]C2. The molecule has 0 nitrogen and oxygen atoms in total. The molecule has 20 heavy (non-hydrogen) atoms. The molecule has 112 valence electrons. The van der Waals surface area contributed by atoms with Crippen molar-refractivity contribution >= 4 is 15.0 Å². The van der Waals surface area contributed by atoms with Gasteiger partial charge in [0.05, 0.1) is 0 Å². The van der Waals surface area contributed by atoms with E-state index < -0.39 is 0 Å². The van der Waals surface area contributed by atoms with Crippen molar-refractivity contribution in [1.29, 1.82) is 0 Å². The topological polar surface area (TPSA) is 0 Å². The van der Waals surface area contributed by atoms with Crippen molar-refractivity contribution in [1.82, 2.24) is 0 Å². The maximum absolute atomic E-state index is 2.51. The van der Waals surface area contributed by atoms with Gasteiger partial charge in [-0.05, 0) is 0 Å². The van der Waals surface area contributed by atoms with Gasteiger partial charge in [-0.25, -0.2) is 0 Å². The molecule has 0 atom stereocenters. The van der Waals surface area contributed by atoms with E-state index in [4.69, 9.17) is 0 Å². The van der Waals surface area contributed by atoms with Crippen molar-refractivity contribution in [2.24, 2.45) is 0 Å². The van der Waals surface area contributed by atoms with Gasteiger partial charge in [0.2, 0.25) is 0 Å². The zero-order chi connectivity index (χ0) is 15.3. The van der Waals surface area contributed by atoms with Crippen LogP contribution in [-0.4, -0.2) is 15.0 Å². The normalized spacial score (nSPS) is 18.8. The van der Waals surface area contributed by atoms with E-state index in [9.17, 15) is 0 Å². The standard InChI is InChI=1S/C19H30Se/c1-17(2,3)13-9-15(18(4,5)6)14-11-20-12-19(7,8)16(14)10-13/h9-10H,11-12H2,1-8H3. The van der Waals surface area contributed by atoms with Gasteiger partial charge in [0.15, 0.2) is 0 Å². The Bertz CT molecular complexity index is 493. The van der Waals surface area contributed by atoms with Crippen LogP contribution in [0, 0.1) is 0 Å². The summed E-state index contributed by atoms with van der Waals surface area (Å²) in [6.07, 6.45) is 0. The average molecular weight is 337 g/mol. The summed E-state index contributed by atoms with van der Waals surface area (Å²) in [4.78, 5) is 0. The van der Waals surface area contributed by atoms with Crippen LogP contribution in [0.5, 0.6) is 0 Å². The van der Waals surface area contributed by atoms with E-state index in [1.54, 1.807) is 16.7 Å². The van der Waals surface area contributed by atoms with Gasteiger partial charge in [-0.15, -0.1) is 0 Å². The van der Waals surface area contributed by atoms with E-state index in [0.29, 0.717) is 5.41 Å². The van der Waals surface area contributed by atoms with Gasteiger partial charge < -0.3 is 0 Å². The number of hydrogen-bond acceptors (Lipinski definition) is 0. The van der Waals surface area contributed by atoms with Gasteiger partial charge >= 0.3 is 132 Å². The molecule has 1 aromatic carbocycles. The van der Waals surface area contributed by atoms with Gasteiger partial charge in [-0.1, -0.05) is 0 Å². The summed E-state index contributed by atoms with van der Waals surface area (Å²) in [5.41, 5.74) is 7.22. The predicted molar refractivity (Wildman–Crippen MR) is 91.1 cm³/mol. The van der Waals surface area contributed by atoms with Crippen LogP contribution in [0.1, 0.15) is 77.6 Å². The first-order valence-corrected chi connectivity index (χ1v) is 10.1. The maximum atomic E-state index is 2.51. The first kappa shape index (κ1) is 16.1. The molecular weight excluding hydrogens is 307 g/mol. The third kappa shape index (κ3) is 2.99. The average Bonchev–Trinajstić information content (AvgIpc) is 2.24. The monoisotopic (exact) mass is 338 g/mol. The molecule has 0 spiro atoms. The molecule has 1 aliphatic rings. The molecule has 1 aliphatic heterocycles. The van der Waals surface area contributed by atoms with E-state index in [-0.39, 0.29) is 10.8 Å². The van der Waals surface area contributed by atoms with Crippen molar-refractivity contribution in [3.05, 3.63) is 34.4 Å². The summed E-state index contributed by atoms with van der Waals surface area (Å²) in [5, 5.41) is 2.70. The molecule has 0 amide bonds. The summed E-state index contributed by atoms with van der Waals surface area (Å²) in [5.74, 6) is 0. The molecule has 0 N–H and O–H groups in total. The third-order valence-electron chi connectivity index (χ3n) is 4.36. The Labute approximate surface area is 131 Å². The van der Waals surface area contributed by atoms with Crippen molar-refractivity contribution in [3.8, 4) is 0 Å². The molecule has 0 unspecified atom stereocenters. The van der Waals surface area contributed by atoms with Crippen LogP contribution in [-0.2, 0) is 21.6 Å². The van der Waals surface area contributed by atoms with Gasteiger partial charge in [-0.3, -0.25) is 0 Å². The zero-order valence-electron chi connectivity index (χ0n) is 14.5. The number of fused-ring (bicyclic) bond motifs is 1. The number of benzene rings is 1. The minimum absolute atomic E-state index is 0.230. The number of hydrogen-bond donors (Lipinski definition) is 0. The Balaban J connectivity index is 2.75. The fraction of sp³-hybridized carbons (Fsp3) is 0.684. The van der Waals surface area contributed by atoms with E-state index in [0.717, 1.165) is 15.0 Å². The molecule has 0 aromatic heterocycles.